The van der Waals surface area contributed by atoms with Crippen LogP contribution in [0.15, 0.2) is 146 Å². The average Bonchev–Trinajstić information content (AvgIpc) is 3.31. The summed E-state index contributed by atoms with van der Waals surface area (Å²) < 4.78 is 110. The molecule has 8 aromatic rings. The molecule has 0 saturated heterocycles. The van der Waals surface area contributed by atoms with Gasteiger partial charge in [-0.15, -0.1) is 0 Å². The second-order valence-electron chi connectivity index (χ2n) is 17.4. The molecular formula is C59H50O2. The SMILES string of the molecule is [2H]C([2H])([2H])c1ccc2c(c1)Oc1c(ccc(C([2H])([2H])C)c1-c1cc3c(cc1C([2H])([2H])[2H])Oc1c(ccc(C([2H])([2H])[2H])c1-c1ccc4c(c1)-c1ccccc1-c1ccccc1-c1ccccc1-4)C3(C)C)C2(C)C. The largest absolute Gasteiger partial charge is 0.456 e. The van der Waals surface area contributed by atoms with Crippen LogP contribution < -0.4 is 9.47 Å². The molecule has 2 heterocycles. The maximum atomic E-state index is 9.12. The molecule has 298 valence electrons. The van der Waals surface area contributed by atoms with E-state index in [4.69, 9.17) is 24.6 Å². The van der Waals surface area contributed by atoms with Gasteiger partial charge in [-0.1, -0.05) is 156 Å². The van der Waals surface area contributed by atoms with Crippen LogP contribution in [0.2, 0.25) is 0 Å². The van der Waals surface area contributed by atoms with E-state index >= 15 is 0 Å². The van der Waals surface area contributed by atoms with Crippen LogP contribution in [0.25, 0.3) is 66.8 Å². The van der Waals surface area contributed by atoms with Crippen LogP contribution in [-0.4, -0.2) is 0 Å². The van der Waals surface area contributed by atoms with Crippen LogP contribution >= 0.6 is 0 Å². The van der Waals surface area contributed by atoms with Crippen molar-refractivity contribution in [1.29, 1.82) is 0 Å². The zero-order chi connectivity index (χ0) is 51.2. The van der Waals surface area contributed by atoms with E-state index in [2.05, 4.69) is 36.4 Å². The number of ether oxygens (including phenoxy) is 2. The summed E-state index contributed by atoms with van der Waals surface area (Å²) in [6, 6.07) is 45.9. The molecule has 2 aliphatic heterocycles. The van der Waals surface area contributed by atoms with Crippen molar-refractivity contribution in [3.63, 3.8) is 0 Å². The molecule has 0 spiro atoms. The van der Waals surface area contributed by atoms with Crippen LogP contribution in [0.3, 0.4) is 0 Å². The normalized spacial score (nSPS) is 18.0. The molecule has 11 rings (SSSR count). The molecule has 0 N–H and O–H groups in total. The van der Waals surface area contributed by atoms with Crippen molar-refractivity contribution in [2.45, 2.75) is 72.4 Å². The zero-order valence-electron chi connectivity index (χ0n) is 45.7. The number of benzene rings is 8. The second-order valence-corrected chi connectivity index (χ2v) is 17.4. The molecular weight excluding hydrogens is 741 g/mol. The maximum Gasteiger partial charge on any atom is 0.139 e. The predicted octanol–water partition coefficient (Wildman–Crippen LogP) is 16.4. The van der Waals surface area contributed by atoms with E-state index in [0.717, 1.165) is 50.1 Å². The number of rotatable bonds is 3. The minimum absolute atomic E-state index is 0.0711. The molecule has 61 heavy (non-hydrogen) atoms. The Labute approximate surface area is 376 Å². The maximum absolute atomic E-state index is 9.12. The van der Waals surface area contributed by atoms with Crippen LogP contribution in [0.5, 0.6) is 23.0 Å². The summed E-state index contributed by atoms with van der Waals surface area (Å²) in [6.45, 7) is 1.54. The third kappa shape index (κ3) is 5.47. The topological polar surface area (TPSA) is 18.5 Å². The van der Waals surface area contributed by atoms with Crippen molar-refractivity contribution in [3.8, 4) is 89.8 Å². The molecule has 0 fully saturated rings. The molecule has 0 unspecified atom stereocenters. The van der Waals surface area contributed by atoms with Gasteiger partial charge in [-0.3, -0.25) is 0 Å². The third-order valence-electron chi connectivity index (χ3n) is 13.3. The summed E-state index contributed by atoms with van der Waals surface area (Å²) in [5, 5.41) is 0. The highest BCUT2D eigenvalue weighted by atomic mass is 16.5. The van der Waals surface area contributed by atoms with E-state index in [0.29, 0.717) is 33.6 Å². The van der Waals surface area contributed by atoms with Gasteiger partial charge in [-0.2, -0.15) is 0 Å². The summed E-state index contributed by atoms with van der Waals surface area (Å²) in [5.74, 6) is 1.03. The van der Waals surface area contributed by atoms with Gasteiger partial charge in [-0.25, -0.2) is 0 Å². The Kier molecular flexibility index (Phi) is 6.00. The van der Waals surface area contributed by atoms with Crippen LogP contribution in [0, 0.1) is 20.6 Å². The van der Waals surface area contributed by atoms with Gasteiger partial charge in [0.25, 0.3) is 0 Å². The Bertz CT molecular complexity index is 3580. The van der Waals surface area contributed by atoms with Gasteiger partial charge in [0.1, 0.15) is 23.0 Å². The van der Waals surface area contributed by atoms with E-state index in [1.165, 1.54) is 19.1 Å². The standard InChI is InChI=1S/C59H50O2/c1-9-37-25-29-50-57(60-52-30-34(2)22-27-48(52)58(50,5)6)55(37)46-33-51-53(31-36(46)4)61-56-49(59(51,7)8)28-23-35(3)54(56)38-24-26-45-43-20-13-12-18-41(43)39-16-10-11-17-40(39)42-19-14-15-21-44(42)47(45)32-38/h10-33H,9H2,1-8H3/i2D3,3D3,4D3,9D2. The van der Waals surface area contributed by atoms with Crippen LogP contribution in [0.4, 0.5) is 0 Å². The second kappa shape index (κ2) is 13.4. The first-order valence-electron chi connectivity index (χ1n) is 26.3. The summed E-state index contributed by atoms with van der Waals surface area (Å²) in [4.78, 5) is 0. The molecule has 0 bridgehead atoms. The van der Waals surface area contributed by atoms with Crippen molar-refractivity contribution in [1.82, 2.24) is 0 Å². The van der Waals surface area contributed by atoms with E-state index in [1.807, 2.05) is 82.3 Å². The highest BCUT2D eigenvalue weighted by molar-refractivity contribution is 6.04. The molecule has 0 radical (unpaired) electrons. The number of hydrogen-bond donors (Lipinski definition) is 0. The minimum Gasteiger partial charge on any atom is -0.456 e. The third-order valence-corrected chi connectivity index (χ3v) is 13.3. The molecule has 0 saturated carbocycles. The van der Waals surface area contributed by atoms with E-state index < -0.39 is 37.8 Å². The average molecular weight is 802 g/mol. The Morgan fingerprint density at radius 2 is 0.967 bits per heavy atom. The highest BCUT2D eigenvalue weighted by Crippen LogP contribution is 2.57. The quantitative estimate of drug-likeness (QED) is 0.177. The molecule has 0 aromatic heterocycles. The van der Waals surface area contributed by atoms with Crippen molar-refractivity contribution in [3.05, 3.63) is 190 Å². The fourth-order valence-electron chi connectivity index (χ4n) is 10.1. The van der Waals surface area contributed by atoms with E-state index in [-0.39, 0.29) is 50.6 Å². The van der Waals surface area contributed by atoms with Crippen molar-refractivity contribution >= 4 is 0 Å². The number of fused-ring (bicyclic) bond motifs is 12. The highest BCUT2D eigenvalue weighted by Gasteiger charge is 2.40. The Hall–Kier alpha value is -6.64. The number of hydrogen-bond acceptors (Lipinski definition) is 2. The van der Waals surface area contributed by atoms with E-state index in [9.17, 15) is 0 Å². The minimum atomic E-state index is -2.78. The van der Waals surface area contributed by atoms with Crippen LogP contribution in [-0.2, 0) is 17.2 Å². The molecule has 8 aromatic carbocycles. The van der Waals surface area contributed by atoms with Gasteiger partial charge in [0.15, 0.2) is 0 Å². The smallest absolute Gasteiger partial charge is 0.139 e. The summed E-state index contributed by atoms with van der Waals surface area (Å²) in [7, 11) is 0. The van der Waals surface area contributed by atoms with Crippen molar-refractivity contribution in [2.24, 2.45) is 0 Å². The lowest BCUT2D eigenvalue weighted by atomic mass is 9.71. The van der Waals surface area contributed by atoms with Gasteiger partial charge < -0.3 is 9.47 Å². The molecule has 0 atom stereocenters. The van der Waals surface area contributed by atoms with E-state index in [1.54, 1.807) is 42.5 Å². The van der Waals surface area contributed by atoms with Crippen molar-refractivity contribution in [2.75, 3.05) is 0 Å². The molecule has 0 amide bonds. The number of aryl methyl sites for hydroxylation is 4. The molecule has 3 aliphatic rings. The lowest BCUT2D eigenvalue weighted by Crippen LogP contribution is -2.26. The first kappa shape index (κ1) is 27.3. The molecule has 2 nitrogen and oxygen atoms in total. The lowest BCUT2D eigenvalue weighted by Gasteiger charge is -2.38. The Morgan fingerprint density at radius 1 is 0.443 bits per heavy atom. The van der Waals surface area contributed by atoms with Crippen LogP contribution in [0.1, 0.15) is 94.2 Å². The molecule has 1 aliphatic carbocycles. The van der Waals surface area contributed by atoms with Gasteiger partial charge in [0, 0.05) is 59.3 Å². The summed E-state index contributed by atoms with van der Waals surface area (Å²) in [5.41, 5.74) is 10.7. The first-order chi connectivity index (χ1) is 33.8. The summed E-state index contributed by atoms with van der Waals surface area (Å²) >= 11 is 0. The monoisotopic (exact) mass is 801 g/mol. The predicted molar refractivity (Wildman–Crippen MR) is 253 cm³/mol. The van der Waals surface area contributed by atoms with Gasteiger partial charge in [0.05, 0.1) is 0 Å². The van der Waals surface area contributed by atoms with Gasteiger partial charge in [-0.05, 0) is 129 Å². The Morgan fingerprint density at radius 3 is 1.56 bits per heavy atom. The lowest BCUT2D eigenvalue weighted by molar-refractivity contribution is 0.416. The van der Waals surface area contributed by atoms with Gasteiger partial charge in [0.2, 0.25) is 0 Å². The molecule has 2 heteroatoms. The first-order valence-corrected chi connectivity index (χ1v) is 20.8. The zero-order valence-corrected chi connectivity index (χ0v) is 34.7. The summed E-state index contributed by atoms with van der Waals surface area (Å²) in [6.07, 6.45) is -2.00. The van der Waals surface area contributed by atoms with Gasteiger partial charge >= 0.3 is 0 Å². The van der Waals surface area contributed by atoms with Crippen molar-refractivity contribution < 1.29 is 24.6 Å². The fraction of sp³-hybridized carbons (Fsp3) is 0.186. The fourth-order valence-corrected chi connectivity index (χ4v) is 10.1. The Balaban J connectivity index is 1.14.